The second-order valence-electron chi connectivity index (χ2n) is 15.5. The van der Waals surface area contributed by atoms with E-state index >= 15 is 0 Å². The quantitative estimate of drug-likeness (QED) is 0.161. The number of aromatic nitrogens is 4. The monoisotopic (exact) mass is 792 g/mol. The van der Waals surface area contributed by atoms with Gasteiger partial charge in [0.1, 0.15) is 11.2 Å². The molecule has 5 nitrogen and oxygen atoms in total. The molecule has 0 bridgehead atoms. The molecule has 5 heteroatoms. The molecule has 62 heavy (non-hydrogen) atoms. The summed E-state index contributed by atoms with van der Waals surface area (Å²) in [6.07, 6.45) is 0. The zero-order chi connectivity index (χ0) is 41.0. The maximum absolute atomic E-state index is 6.71. The largest absolute Gasteiger partial charge is 0.456 e. The van der Waals surface area contributed by atoms with Crippen molar-refractivity contribution in [1.82, 2.24) is 19.5 Å². The molecule has 0 spiro atoms. The highest BCUT2D eigenvalue weighted by molar-refractivity contribution is 6.19. The van der Waals surface area contributed by atoms with E-state index in [0.29, 0.717) is 17.5 Å². The van der Waals surface area contributed by atoms with Crippen molar-refractivity contribution in [2.75, 3.05) is 0 Å². The smallest absolute Gasteiger partial charge is 0.164 e. The van der Waals surface area contributed by atoms with Crippen LogP contribution in [0.1, 0.15) is 0 Å². The van der Waals surface area contributed by atoms with Crippen LogP contribution in [0, 0.1) is 0 Å². The first-order chi connectivity index (χ1) is 30.7. The second kappa shape index (κ2) is 14.7. The van der Waals surface area contributed by atoms with Gasteiger partial charge in [-0.05, 0) is 75.8 Å². The lowest BCUT2D eigenvalue weighted by molar-refractivity contribution is 0.669. The van der Waals surface area contributed by atoms with Crippen LogP contribution in [0.15, 0.2) is 223 Å². The first kappa shape index (κ1) is 35.5. The Balaban J connectivity index is 0.992. The van der Waals surface area contributed by atoms with Crippen LogP contribution in [0.4, 0.5) is 0 Å². The molecule has 290 valence electrons. The van der Waals surface area contributed by atoms with Crippen molar-refractivity contribution in [2.24, 2.45) is 0 Å². The van der Waals surface area contributed by atoms with Crippen molar-refractivity contribution in [3.05, 3.63) is 218 Å². The Morgan fingerprint density at radius 3 is 1.50 bits per heavy atom. The Morgan fingerprint density at radius 2 is 0.790 bits per heavy atom. The van der Waals surface area contributed by atoms with Crippen molar-refractivity contribution in [3.63, 3.8) is 0 Å². The van der Waals surface area contributed by atoms with E-state index in [2.05, 4.69) is 187 Å². The molecule has 3 heterocycles. The molecule has 0 saturated carbocycles. The average Bonchev–Trinajstić information content (AvgIpc) is 3.90. The number of nitrogens with zero attached hydrogens (tertiary/aromatic N) is 4. The topological polar surface area (TPSA) is 56.7 Å². The molecule has 0 N–H and O–H groups in total. The van der Waals surface area contributed by atoms with Crippen molar-refractivity contribution in [2.45, 2.75) is 0 Å². The van der Waals surface area contributed by atoms with Gasteiger partial charge in [-0.1, -0.05) is 176 Å². The van der Waals surface area contributed by atoms with Crippen LogP contribution >= 0.6 is 0 Å². The molecule has 0 aliphatic carbocycles. The first-order valence-corrected chi connectivity index (χ1v) is 20.9. The summed E-state index contributed by atoms with van der Waals surface area (Å²) in [5, 5.41) is 4.55. The van der Waals surface area contributed by atoms with E-state index in [-0.39, 0.29) is 0 Å². The van der Waals surface area contributed by atoms with E-state index in [1.54, 1.807) is 0 Å². The summed E-state index contributed by atoms with van der Waals surface area (Å²) in [7, 11) is 0. The maximum atomic E-state index is 6.71. The van der Waals surface area contributed by atoms with Crippen molar-refractivity contribution < 1.29 is 4.42 Å². The molecule has 0 amide bonds. The summed E-state index contributed by atoms with van der Waals surface area (Å²) in [5.41, 5.74) is 14.7. The zero-order valence-corrected chi connectivity index (χ0v) is 33.5. The molecule has 0 radical (unpaired) electrons. The molecule has 0 aliphatic rings. The normalized spacial score (nSPS) is 11.5. The van der Waals surface area contributed by atoms with E-state index in [0.717, 1.165) is 72.1 Å². The molecule has 12 rings (SSSR count). The van der Waals surface area contributed by atoms with Crippen LogP contribution in [0.5, 0.6) is 0 Å². The lowest BCUT2D eigenvalue weighted by Crippen LogP contribution is -2.00. The fourth-order valence-electron chi connectivity index (χ4n) is 9.03. The molecule has 0 unspecified atom stereocenters. The van der Waals surface area contributed by atoms with Gasteiger partial charge >= 0.3 is 0 Å². The SMILES string of the molecule is c1ccc(-c2ccc(-c3nc(-c4ccccc4)nc(-c4ccc5c(c4)oc4cccc(-c6ccccc6-c6cccc7c6c6ccccc6n7-c6ccccc6)c45)n3)cc2)cc1. The van der Waals surface area contributed by atoms with Gasteiger partial charge in [0, 0.05) is 43.9 Å². The molecule has 12 aromatic rings. The zero-order valence-electron chi connectivity index (χ0n) is 33.5. The summed E-state index contributed by atoms with van der Waals surface area (Å²) in [4.78, 5) is 15.1. The van der Waals surface area contributed by atoms with E-state index in [1.807, 2.05) is 36.4 Å². The first-order valence-electron chi connectivity index (χ1n) is 20.9. The fraction of sp³-hybridized carbons (Fsp3) is 0. The molecule has 3 aromatic heterocycles. The molecule has 9 aromatic carbocycles. The minimum absolute atomic E-state index is 0.580. The van der Waals surface area contributed by atoms with Gasteiger partial charge in [0.25, 0.3) is 0 Å². The van der Waals surface area contributed by atoms with Crippen molar-refractivity contribution in [3.8, 4) is 73.2 Å². The van der Waals surface area contributed by atoms with Crippen molar-refractivity contribution in [1.29, 1.82) is 0 Å². The Bertz CT molecular complexity index is 3610. The average molecular weight is 793 g/mol. The number of fused-ring (bicyclic) bond motifs is 6. The van der Waals surface area contributed by atoms with Gasteiger partial charge in [-0.2, -0.15) is 0 Å². The lowest BCUT2D eigenvalue weighted by atomic mass is 9.90. The third-order valence-electron chi connectivity index (χ3n) is 11.9. The van der Waals surface area contributed by atoms with E-state index in [9.17, 15) is 0 Å². The molecule has 0 aliphatic heterocycles. The van der Waals surface area contributed by atoms with Gasteiger partial charge in [0.2, 0.25) is 0 Å². The Hall–Kier alpha value is -8.41. The highest BCUT2D eigenvalue weighted by Crippen LogP contribution is 2.45. The van der Waals surface area contributed by atoms with E-state index < -0.39 is 0 Å². The molecular weight excluding hydrogens is 757 g/mol. The summed E-state index contributed by atoms with van der Waals surface area (Å²) in [6.45, 7) is 0. The second-order valence-corrected chi connectivity index (χ2v) is 15.5. The standard InChI is InChI=1S/C57H36N4O/c1-4-16-37(17-5-1)38-30-32-40(33-31-38)56-58-55(39-18-6-2-7-19-39)59-57(60-56)41-34-35-48-52(36-41)62-51-29-15-26-46(54(48)51)44-23-11-10-22-43(44)45-25-14-28-50-53(45)47-24-12-13-27-49(47)61(50)42-20-8-3-9-21-42/h1-36H. The van der Waals surface area contributed by atoms with Gasteiger partial charge in [-0.25, -0.2) is 15.0 Å². The van der Waals surface area contributed by atoms with Gasteiger partial charge in [0.05, 0.1) is 11.0 Å². The highest BCUT2D eigenvalue weighted by atomic mass is 16.3. The summed E-state index contributed by atoms with van der Waals surface area (Å²) in [6, 6.07) is 76.3. The summed E-state index contributed by atoms with van der Waals surface area (Å²) >= 11 is 0. The summed E-state index contributed by atoms with van der Waals surface area (Å²) in [5.74, 6) is 1.80. The predicted octanol–water partition coefficient (Wildman–Crippen LogP) is 14.9. The number of furan rings is 1. The minimum atomic E-state index is 0.580. The van der Waals surface area contributed by atoms with Crippen LogP contribution in [-0.2, 0) is 0 Å². The van der Waals surface area contributed by atoms with Crippen LogP contribution in [0.25, 0.3) is 117 Å². The molecule has 0 fully saturated rings. The number of rotatable bonds is 7. The Morgan fingerprint density at radius 1 is 0.306 bits per heavy atom. The predicted molar refractivity (Wildman–Crippen MR) is 254 cm³/mol. The third-order valence-corrected chi connectivity index (χ3v) is 11.9. The number of benzene rings is 9. The molecule has 0 atom stereocenters. The summed E-state index contributed by atoms with van der Waals surface area (Å²) < 4.78 is 9.09. The number of hydrogen-bond acceptors (Lipinski definition) is 4. The van der Waals surface area contributed by atoms with Crippen LogP contribution in [0.2, 0.25) is 0 Å². The van der Waals surface area contributed by atoms with E-state index in [1.165, 1.54) is 27.4 Å². The molecule has 0 saturated heterocycles. The van der Waals surface area contributed by atoms with Crippen molar-refractivity contribution >= 4 is 43.7 Å². The van der Waals surface area contributed by atoms with Gasteiger partial charge in [-0.3, -0.25) is 0 Å². The third kappa shape index (κ3) is 5.98. The Kier molecular flexibility index (Phi) is 8.42. The number of hydrogen-bond donors (Lipinski definition) is 0. The maximum Gasteiger partial charge on any atom is 0.164 e. The van der Waals surface area contributed by atoms with Gasteiger partial charge < -0.3 is 8.98 Å². The minimum Gasteiger partial charge on any atom is -0.456 e. The van der Waals surface area contributed by atoms with E-state index in [4.69, 9.17) is 19.4 Å². The Labute approximate surface area is 357 Å². The van der Waals surface area contributed by atoms with Crippen LogP contribution in [0.3, 0.4) is 0 Å². The van der Waals surface area contributed by atoms with Gasteiger partial charge in [-0.15, -0.1) is 0 Å². The van der Waals surface area contributed by atoms with Gasteiger partial charge in [0.15, 0.2) is 17.5 Å². The van der Waals surface area contributed by atoms with Crippen LogP contribution in [-0.4, -0.2) is 19.5 Å². The van der Waals surface area contributed by atoms with Crippen LogP contribution < -0.4 is 0 Å². The number of para-hydroxylation sites is 2. The lowest BCUT2D eigenvalue weighted by Gasteiger charge is -2.13. The fourth-order valence-corrected chi connectivity index (χ4v) is 9.03. The highest BCUT2D eigenvalue weighted by Gasteiger charge is 2.21. The molecular formula is C57H36N4O.